The summed E-state index contributed by atoms with van der Waals surface area (Å²) in [6.45, 7) is 15.3. The standard InChI is InChI=1S/C50H104N/c1-5-9-13-17-21-25-26-27-28-29-30-34-38-42-46-50-51(47-43-39-35-31-22-18-14-10-6-2,48-44-40-36-32-23-19-15-11-7-3)49-45-41-37-33-24-20-16-12-8-4/h5-50H2,1-4H3/q+1. The summed E-state index contributed by atoms with van der Waals surface area (Å²) in [7, 11) is 0. The minimum atomic E-state index is 1.37. The van der Waals surface area contributed by atoms with Gasteiger partial charge in [-0.1, -0.05) is 246 Å². The van der Waals surface area contributed by atoms with Crippen LogP contribution in [0.15, 0.2) is 0 Å². The third-order valence-corrected chi connectivity index (χ3v) is 12.4. The number of nitrogens with zero attached hydrogens (tertiary/aromatic N) is 1. The maximum atomic E-state index is 2.34. The Bertz CT molecular complexity index is 543. The summed E-state index contributed by atoms with van der Waals surface area (Å²) in [4.78, 5) is 0. The molecule has 0 aromatic heterocycles. The average molecular weight is 719 g/mol. The van der Waals surface area contributed by atoms with Crippen molar-refractivity contribution in [2.24, 2.45) is 0 Å². The molecule has 0 unspecified atom stereocenters. The summed E-state index contributed by atoms with van der Waals surface area (Å²) < 4.78 is 1.49. The highest BCUT2D eigenvalue weighted by Crippen LogP contribution is 2.22. The number of unbranched alkanes of at least 4 members (excludes halogenated alkanes) is 38. The first-order valence-electron chi connectivity index (χ1n) is 25.1. The highest BCUT2D eigenvalue weighted by atomic mass is 15.3. The summed E-state index contributed by atoms with van der Waals surface area (Å²) in [6.07, 6.45) is 61.7. The smallest absolute Gasteiger partial charge is 0.0786 e. The maximum Gasteiger partial charge on any atom is 0.0786 e. The first-order valence-corrected chi connectivity index (χ1v) is 25.1. The molecule has 1 heteroatoms. The van der Waals surface area contributed by atoms with Crippen LogP contribution in [-0.2, 0) is 0 Å². The Balaban J connectivity index is 4.77. The normalized spacial score (nSPS) is 12.0. The quantitative estimate of drug-likeness (QED) is 0.0434. The molecular formula is C50H104N+. The lowest BCUT2D eigenvalue weighted by molar-refractivity contribution is -0.929. The van der Waals surface area contributed by atoms with E-state index in [2.05, 4.69) is 27.7 Å². The number of hydrogen-bond acceptors (Lipinski definition) is 0. The van der Waals surface area contributed by atoms with Gasteiger partial charge in [-0.2, -0.15) is 0 Å². The topological polar surface area (TPSA) is 0 Å². The SMILES string of the molecule is CCCCCCCCCCCCCCCCC[N+](CCCCCCCCCCC)(CCCCCCCCCCC)CCCCCCCCCCC. The van der Waals surface area contributed by atoms with Crippen LogP contribution in [0.2, 0.25) is 0 Å². The van der Waals surface area contributed by atoms with E-state index in [9.17, 15) is 0 Å². The van der Waals surface area contributed by atoms with E-state index in [1.54, 1.807) is 0 Å². The van der Waals surface area contributed by atoms with Gasteiger partial charge in [-0.05, 0) is 51.4 Å². The van der Waals surface area contributed by atoms with Gasteiger partial charge in [-0.25, -0.2) is 0 Å². The van der Waals surface area contributed by atoms with E-state index in [0.29, 0.717) is 0 Å². The van der Waals surface area contributed by atoms with E-state index < -0.39 is 0 Å². The van der Waals surface area contributed by atoms with Gasteiger partial charge >= 0.3 is 0 Å². The van der Waals surface area contributed by atoms with Gasteiger partial charge in [0, 0.05) is 0 Å². The molecule has 0 N–H and O–H groups in total. The lowest BCUT2D eigenvalue weighted by atomic mass is 10.0. The maximum absolute atomic E-state index is 2.34. The van der Waals surface area contributed by atoms with E-state index in [1.807, 2.05) is 0 Å². The minimum Gasteiger partial charge on any atom is -0.324 e. The highest BCUT2D eigenvalue weighted by Gasteiger charge is 2.25. The predicted molar refractivity (Wildman–Crippen MR) is 236 cm³/mol. The van der Waals surface area contributed by atoms with Gasteiger partial charge in [0.05, 0.1) is 26.2 Å². The van der Waals surface area contributed by atoms with E-state index in [4.69, 9.17) is 0 Å². The molecule has 0 bridgehead atoms. The first kappa shape index (κ1) is 51.0. The molecule has 0 radical (unpaired) electrons. The van der Waals surface area contributed by atoms with Crippen LogP contribution in [0.25, 0.3) is 0 Å². The summed E-state index contributed by atoms with van der Waals surface area (Å²) in [5.41, 5.74) is 0. The zero-order valence-corrected chi connectivity index (χ0v) is 37.0. The van der Waals surface area contributed by atoms with Crippen molar-refractivity contribution in [3.63, 3.8) is 0 Å². The molecule has 0 aliphatic heterocycles. The Morgan fingerprint density at radius 2 is 0.275 bits per heavy atom. The van der Waals surface area contributed by atoms with Crippen molar-refractivity contribution >= 4 is 0 Å². The molecule has 308 valence electrons. The molecule has 0 aliphatic rings. The molecule has 0 saturated heterocycles. The fourth-order valence-corrected chi connectivity index (χ4v) is 8.76. The second kappa shape index (κ2) is 44.4. The Morgan fingerprint density at radius 3 is 0.412 bits per heavy atom. The third-order valence-electron chi connectivity index (χ3n) is 12.4. The van der Waals surface area contributed by atoms with Crippen molar-refractivity contribution in [1.29, 1.82) is 0 Å². The van der Waals surface area contributed by atoms with Gasteiger partial charge in [-0.15, -0.1) is 0 Å². The molecule has 0 aliphatic carbocycles. The van der Waals surface area contributed by atoms with E-state index in [-0.39, 0.29) is 0 Å². The van der Waals surface area contributed by atoms with Crippen LogP contribution < -0.4 is 0 Å². The molecule has 0 aromatic rings. The molecule has 0 amide bonds. The Morgan fingerprint density at radius 1 is 0.157 bits per heavy atom. The van der Waals surface area contributed by atoms with Crippen LogP contribution in [0.3, 0.4) is 0 Å². The highest BCUT2D eigenvalue weighted by molar-refractivity contribution is 4.56. The van der Waals surface area contributed by atoms with E-state index >= 15 is 0 Å². The van der Waals surface area contributed by atoms with E-state index in [1.165, 1.54) is 300 Å². The van der Waals surface area contributed by atoms with E-state index in [0.717, 1.165) is 0 Å². The molecule has 0 heterocycles. The Kier molecular flexibility index (Phi) is 44.3. The zero-order valence-electron chi connectivity index (χ0n) is 37.0. The molecular weight excluding hydrogens is 615 g/mol. The summed E-state index contributed by atoms with van der Waals surface area (Å²) in [5, 5.41) is 0. The molecule has 51 heavy (non-hydrogen) atoms. The van der Waals surface area contributed by atoms with Crippen molar-refractivity contribution in [2.75, 3.05) is 26.2 Å². The Hall–Kier alpha value is -0.0400. The van der Waals surface area contributed by atoms with Crippen LogP contribution in [0.5, 0.6) is 0 Å². The third kappa shape index (κ3) is 39.5. The molecule has 0 aromatic carbocycles. The minimum absolute atomic E-state index is 1.37. The van der Waals surface area contributed by atoms with Gasteiger partial charge < -0.3 is 4.48 Å². The number of quaternary nitrogens is 1. The molecule has 0 saturated carbocycles. The fourth-order valence-electron chi connectivity index (χ4n) is 8.76. The van der Waals surface area contributed by atoms with Crippen LogP contribution in [0, 0.1) is 0 Å². The van der Waals surface area contributed by atoms with Crippen molar-refractivity contribution in [2.45, 2.75) is 297 Å². The van der Waals surface area contributed by atoms with Crippen molar-refractivity contribution in [3.05, 3.63) is 0 Å². The van der Waals surface area contributed by atoms with Gasteiger partial charge in [0.25, 0.3) is 0 Å². The fraction of sp³-hybridized carbons (Fsp3) is 1.00. The molecule has 0 rings (SSSR count). The van der Waals surface area contributed by atoms with Crippen LogP contribution in [0.1, 0.15) is 297 Å². The molecule has 0 atom stereocenters. The zero-order chi connectivity index (χ0) is 37.0. The Labute approximate surface area is 327 Å². The van der Waals surface area contributed by atoms with Gasteiger partial charge in [-0.3, -0.25) is 0 Å². The van der Waals surface area contributed by atoms with Crippen molar-refractivity contribution < 1.29 is 4.48 Å². The lowest BCUT2D eigenvalue weighted by Gasteiger charge is -2.40. The molecule has 1 nitrogen and oxygen atoms in total. The van der Waals surface area contributed by atoms with Crippen LogP contribution in [0.4, 0.5) is 0 Å². The van der Waals surface area contributed by atoms with Crippen molar-refractivity contribution in [1.82, 2.24) is 0 Å². The second-order valence-electron chi connectivity index (χ2n) is 17.7. The average Bonchev–Trinajstić information content (AvgIpc) is 3.14. The predicted octanol–water partition coefficient (Wildman–Crippen LogP) is 18.3. The largest absolute Gasteiger partial charge is 0.324 e. The van der Waals surface area contributed by atoms with Crippen molar-refractivity contribution in [3.8, 4) is 0 Å². The van der Waals surface area contributed by atoms with Gasteiger partial charge in [0.1, 0.15) is 0 Å². The summed E-state index contributed by atoms with van der Waals surface area (Å²) in [6, 6.07) is 0. The number of rotatable bonds is 46. The molecule has 0 spiro atoms. The first-order chi connectivity index (χ1) is 25.2. The monoisotopic (exact) mass is 719 g/mol. The van der Waals surface area contributed by atoms with Crippen LogP contribution in [-0.4, -0.2) is 30.7 Å². The number of hydrogen-bond donors (Lipinski definition) is 0. The lowest BCUT2D eigenvalue weighted by Crippen LogP contribution is -2.50. The van der Waals surface area contributed by atoms with Gasteiger partial charge in [0.2, 0.25) is 0 Å². The summed E-state index contributed by atoms with van der Waals surface area (Å²) in [5.74, 6) is 0. The van der Waals surface area contributed by atoms with Gasteiger partial charge in [0.15, 0.2) is 0 Å². The molecule has 0 fully saturated rings. The van der Waals surface area contributed by atoms with Crippen LogP contribution >= 0.6 is 0 Å². The second-order valence-corrected chi connectivity index (χ2v) is 17.7. The summed E-state index contributed by atoms with van der Waals surface area (Å²) >= 11 is 0.